The molecule has 0 unspecified atom stereocenters. The molecule has 4 saturated carbocycles. The van der Waals surface area contributed by atoms with Crippen LogP contribution < -0.4 is 4.90 Å². The monoisotopic (exact) mass is 613 g/mol. The Morgan fingerprint density at radius 3 is 1.89 bits per heavy atom. The van der Waals surface area contributed by atoms with Gasteiger partial charge in [-0.15, -0.1) is 0 Å². The van der Waals surface area contributed by atoms with Crippen LogP contribution in [-0.4, -0.2) is 0 Å². The molecule has 5 aliphatic rings. The lowest BCUT2D eigenvalue weighted by Gasteiger charge is -2.61. The Hall–Kier alpha value is -4.33. The Morgan fingerprint density at radius 2 is 1.13 bits per heavy atom. The maximum atomic E-state index is 7.45. The quantitative estimate of drug-likeness (QED) is 0.191. The van der Waals surface area contributed by atoms with Gasteiger partial charge < -0.3 is 4.90 Å². The lowest BCUT2D eigenvalue weighted by molar-refractivity contribution is -0.0399. The zero-order valence-corrected chi connectivity index (χ0v) is 26.6. The number of nitrogens with zero attached hydrogens (tertiary/aromatic N) is 1. The molecule has 0 N–H and O–H groups in total. The minimum atomic E-state index is 0.0882. The van der Waals surface area contributed by atoms with E-state index >= 15 is 0 Å². The molecule has 224 valence electrons. The number of hydrogen-bond donors (Lipinski definition) is 0. The highest BCUT2D eigenvalue weighted by molar-refractivity contribution is 6.34. The number of halogens is 1. The van der Waals surface area contributed by atoms with Crippen LogP contribution in [0.4, 0.5) is 17.1 Å². The van der Waals surface area contributed by atoms with Crippen molar-refractivity contribution in [3.05, 3.63) is 150 Å². The Morgan fingerprint density at radius 1 is 0.500 bits per heavy atom. The Labute approximate surface area is 276 Å². The molecule has 46 heavy (non-hydrogen) atoms. The van der Waals surface area contributed by atoms with Gasteiger partial charge in [-0.05, 0) is 136 Å². The number of fused-ring (bicyclic) bond motifs is 4. The number of hydrogen-bond acceptors (Lipinski definition) is 1. The van der Waals surface area contributed by atoms with Crippen LogP contribution in [0.15, 0.2) is 133 Å². The second-order valence-corrected chi connectivity index (χ2v) is 14.8. The first-order valence-electron chi connectivity index (χ1n) is 17.0. The van der Waals surface area contributed by atoms with Crippen LogP contribution in [0.5, 0.6) is 0 Å². The minimum Gasteiger partial charge on any atom is -0.309 e. The summed E-state index contributed by atoms with van der Waals surface area (Å²) in [6, 6.07) is 49.2. The summed E-state index contributed by atoms with van der Waals surface area (Å²) in [4.78, 5) is 2.40. The van der Waals surface area contributed by atoms with E-state index in [9.17, 15) is 0 Å². The molecule has 0 radical (unpaired) electrons. The molecule has 6 aromatic carbocycles. The fourth-order valence-electron chi connectivity index (χ4n) is 10.5. The molecule has 4 fully saturated rings. The molecule has 5 aliphatic carbocycles. The van der Waals surface area contributed by atoms with Crippen molar-refractivity contribution in [3.8, 4) is 22.3 Å². The summed E-state index contributed by atoms with van der Waals surface area (Å²) >= 11 is 7.45. The van der Waals surface area contributed by atoms with E-state index < -0.39 is 0 Å². The molecule has 0 heterocycles. The smallest absolute Gasteiger partial charge is 0.0653 e. The van der Waals surface area contributed by atoms with E-state index in [1.807, 2.05) is 0 Å². The average Bonchev–Trinajstić information content (AvgIpc) is 3.37. The fourth-order valence-corrected chi connectivity index (χ4v) is 10.8. The van der Waals surface area contributed by atoms with Crippen LogP contribution in [0.2, 0.25) is 5.02 Å². The largest absolute Gasteiger partial charge is 0.309 e. The van der Waals surface area contributed by atoms with E-state index in [1.165, 1.54) is 70.7 Å². The number of rotatable bonds is 4. The van der Waals surface area contributed by atoms with Gasteiger partial charge in [0.15, 0.2) is 0 Å². The van der Waals surface area contributed by atoms with Crippen LogP contribution >= 0.6 is 11.6 Å². The molecule has 1 spiro atoms. The third-order valence-corrected chi connectivity index (χ3v) is 12.4. The van der Waals surface area contributed by atoms with E-state index in [-0.39, 0.29) is 5.41 Å². The van der Waals surface area contributed by atoms with Crippen LogP contribution in [0.3, 0.4) is 0 Å². The molecule has 1 nitrogen and oxygen atoms in total. The van der Waals surface area contributed by atoms with Gasteiger partial charge in [0.25, 0.3) is 0 Å². The molecule has 2 heteroatoms. The summed E-state index contributed by atoms with van der Waals surface area (Å²) in [5.41, 5.74) is 11.7. The van der Waals surface area contributed by atoms with Crippen LogP contribution in [0.25, 0.3) is 33.0 Å². The van der Waals surface area contributed by atoms with Crippen molar-refractivity contribution in [2.24, 2.45) is 23.7 Å². The third kappa shape index (κ3) is 3.82. The van der Waals surface area contributed by atoms with Crippen molar-refractivity contribution in [2.45, 2.75) is 37.5 Å². The molecule has 11 rings (SSSR count). The summed E-state index contributed by atoms with van der Waals surface area (Å²) in [5.74, 6) is 3.24. The minimum absolute atomic E-state index is 0.0882. The molecular weight excluding hydrogens is 578 g/mol. The van der Waals surface area contributed by atoms with Gasteiger partial charge >= 0.3 is 0 Å². The predicted octanol–water partition coefficient (Wildman–Crippen LogP) is 12.4. The van der Waals surface area contributed by atoms with Gasteiger partial charge in [0.05, 0.1) is 10.7 Å². The maximum absolute atomic E-state index is 7.45. The van der Waals surface area contributed by atoms with Crippen LogP contribution in [0, 0.1) is 23.7 Å². The first-order chi connectivity index (χ1) is 22.7. The summed E-state index contributed by atoms with van der Waals surface area (Å²) in [5, 5.41) is 3.27. The first kappa shape index (κ1) is 26.8. The Balaban J connectivity index is 1.19. The van der Waals surface area contributed by atoms with Gasteiger partial charge in [-0.1, -0.05) is 109 Å². The maximum Gasteiger partial charge on any atom is 0.0653 e. The van der Waals surface area contributed by atoms with Gasteiger partial charge in [0.2, 0.25) is 0 Å². The standard InChI is InChI=1S/C44H36ClN/c45-42-26-39-38-12-6-7-13-40(38)44(34-21-28-20-29(23-34)24-35(44)22-28)41(39)27-43(42)46(37-19-16-31-10-4-5-11-33(31)25-37)36-17-14-32(15-18-36)30-8-2-1-3-9-30/h1-19,25-29,34-35H,20-24H2. The normalized spacial score (nSPS) is 25.2. The van der Waals surface area contributed by atoms with Crippen LogP contribution in [0.1, 0.15) is 43.2 Å². The summed E-state index contributed by atoms with van der Waals surface area (Å²) in [7, 11) is 0. The lowest BCUT2D eigenvalue weighted by Crippen LogP contribution is -2.55. The van der Waals surface area contributed by atoms with Gasteiger partial charge in [0.1, 0.15) is 0 Å². The molecule has 6 aromatic rings. The van der Waals surface area contributed by atoms with Crippen molar-refractivity contribution in [1.29, 1.82) is 0 Å². The summed E-state index contributed by atoms with van der Waals surface area (Å²) in [6.07, 6.45) is 6.93. The Kier molecular flexibility index (Phi) is 5.88. The van der Waals surface area contributed by atoms with Crippen molar-refractivity contribution >= 4 is 39.4 Å². The van der Waals surface area contributed by atoms with Crippen molar-refractivity contribution in [2.75, 3.05) is 4.90 Å². The third-order valence-electron chi connectivity index (χ3n) is 12.1. The van der Waals surface area contributed by atoms with Crippen molar-refractivity contribution in [3.63, 3.8) is 0 Å². The first-order valence-corrected chi connectivity index (χ1v) is 17.4. The molecule has 0 aliphatic heterocycles. The second kappa shape index (κ2) is 10.1. The highest BCUT2D eigenvalue weighted by Gasteiger charge is 2.61. The van der Waals surface area contributed by atoms with E-state index in [0.717, 1.165) is 33.9 Å². The lowest BCUT2D eigenvalue weighted by atomic mass is 9.43. The highest BCUT2D eigenvalue weighted by atomic mass is 35.5. The predicted molar refractivity (Wildman–Crippen MR) is 192 cm³/mol. The van der Waals surface area contributed by atoms with Gasteiger partial charge in [0, 0.05) is 16.8 Å². The zero-order chi connectivity index (χ0) is 30.4. The van der Waals surface area contributed by atoms with Crippen molar-refractivity contribution in [1.82, 2.24) is 0 Å². The van der Waals surface area contributed by atoms with Crippen molar-refractivity contribution < 1.29 is 0 Å². The SMILES string of the molecule is Clc1cc2c(cc1N(c1ccc(-c3ccccc3)cc1)c1ccc3ccccc3c1)C1(c3ccccc3-2)C2CC3CC(C2)CC1C3. The van der Waals surface area contributed by atoms with Crippen LogP contribution in [-0.2, 0) is 5.41 Å². The summed E-state index contributed by atoms with van der Waals surface area (Å²) in [6.45, 7) is 0. The Bertz CT molecular complexity index is 2100. The fraction of sp³-hybridized carbons (Fsp3) is 0.227. The van der Waals surface area contributed by atoms with Gasteiger partial charge in [-0.2, -0.15) is 0 Å². The molecule has 0 aromatic heterocycles. The average molecular weight is 614 g/mol. The summed E-state index contributed by atoms with van der Waals surface area (Å²) < 4.78 is 0. The zero-order valence-electron chi connectivity index (χ0n) is 25.9. The molecule has 0 atom stereocenters. The second-order valence-electron chi connectivity index (χ2n) is 14.3. The van der Waals surface area contributed by atoms with E-state index in [4.69, 9.17) is 11.6 Å². The van der Waals surface area contributed by atoms with Gasteiger partial charge in [-0.25, -0.2) is 0 Å². The topological polar surface area (TPSA) is 3.24 Å². The molecular formula is C44H36ClN. The molecule has 0 amide bonds. The number of benzene rings is 6. The van der Waals surface area contributed by atoms with E-state index in [2.05, 4.69) is 138 Å². The van der Waals surface area contributed by atoms with E-state index in [1.54, 1.807) is 5.56 Å². The highest BCUT2D eigenvalue weighted by Crippen LogP contribution is 2.70. The van der Waals surface area contributed by atoms with E-state index in [0.29, 0.717) is 11.8 Å². The number of anilines is 3. The molecule has 0 saturated heterocycles. The van der Waals surface area contributed by atoms with Gasteiger partial charge in [-0.3, -0.25) is 0 Å². The molecule has 4 bridgehead atoms.